The molecule has 1 aromatic rings. The van der Waals surface area contributed by atoms with Crippen molar-refractivity contribution in [2.75, 3.05) is 19.7 Å². The summed E-state index contributed by atoms with van der Waals surface area (Å²) in [4.78, 5) is 13.8. The van der Waals surface area contributed by atoms with E-state index in [-0.39, 0.29) is 29.6 Å². The molecule has 0 unspecified atom stereocenters. The highest BCUT2D eigenvalue weighted by atomic mass is 35.5. The second kappa shape index (κ2) is 7.05. The number of likely N-dealkylation sites (tertiary alicyclic amines) is 1. The van der Waals surface area contributed by atoms with Crippen molar-refractivity contribution in [2.45, 2.75) is 38.7 Å². The summed E-state index contributed by atoms with van der Waals surface area (Å²) < 4.78 is 19.1. The Balaban J connectivity index is 2.09. The summed E-state index contributed by atoms with van der Waals surface area (Å²) in [6.45, 7) is 6.28. The van der Waals surface area contributed by atoms with Crippen LogP contribution in [0.15, 0.2) is 18.2 Å². The lowest BCUT2D eigenvalue weighted by Gasteiger charge is -2.38. The van der Waals surface area contributed by atoms with E-state index < -0.39 is 11.4 Å². The van der Waals surface area contributed by atoms with Crippen LogP contribution in [-0.4, -0.2) is 41.4 Å². The van der Waals surface area contributed by atoms with Crippen LogP contribution in [0, 0.1) is 11.7 Å². The van der Waals surface area contributed by atoms with E-state index in [0.717, 1.165) is 5.56 Å². The number of ether oxygens (including phenoxy) is 1. The number of hydrogen-bond acceptors (Lipinski definition) is 3. The number of amides is 1. The van der Waals surface area contributed by atoms with Gasteiger partial charge in [0.15, 0.2) is 0 Å². The van der Waals surface area contributed by atoms with Crippen molar-refractivity contribution in [3.63, 3.8) is 0 Å². The number of rotatable bonds is 2. The van der Waals surface area contributed by atoms with Crippen molar-refractivity contribution in [3.8, 4) is 0 Å². The molecular weight excluding hydrogens is 321 g/mol. The summed E-state index contributed by atoms with van der Waals surface area (Å²) in [5.41, 5.74) is 0.247. The first kappa shape index (κ1) is 18.0. The van der Waals surface area contributed by atoms with Gasteiger partial charge in [-0.2, -0.15) is 0 Å². The van der Waals surface area contributed by atoms with Gasteiger partial charge in [0.05, 0.1) is 5.02 Å². The topological polar surface area (TPSA) is 49.8 Å². The molecule has 0 saturated carbocycles. The average molecular weight is 344 g/mol. The van der Waals surface area contributed by atoms with E-state index in [9.17, 15) is 14.3 Å². The molecule has 1 aliphatic rings. The van der Waals surface area contributed by atoms with Gasteiger partial charge in [0.2, 0.25) is 0 Å². The lowest BCUT2D eigenvalue weighted by molar-refractivity contribution is 0.0101. The van der Waals surface area contributed by atoms with Crippen LogP contribution in [0.1, 0.15) is 38.7 Å². The van der Waals surface area contributed by atoms with Crippen LogP contribution in [0.4, 0.5) is 9.18 Å². The predicted octanol–water partition coefficient (Wildman–Crippen LogP) is 3.81. The number of carbonyl (C=O) groups is 1. The van der Waals surface area contributed by atoms with Crippen LogP contribution >= 0.6 is 11.6 Å². The zero-order chi connectivity index (χ0) is 17.2. The normalized spacial score (nSPS) is 22.1. The Kier molecular flexibility index (Phi) is 5.53. The van der Waals surface area contributed by atoms with Crippen LogP contribution in [0.25, 0.3) is 0 Å². The van der Waals surface area contributed by atoms with Gasteiger partial charge in [-0.05, 0) is 50.8 Å². The smallest absolute Gasteiger partial charge is 0.410 e. The molecular formula is C17H23ClFNO3. The summed E-state index contributed by atoms with van der Waals surface area (Å²) in [5, 5.41) is 9.76. The molecule has 0 spiro atoms. The summed E-state index contributed by atoms with van der Waals surface area (Å²) >= 11 is 5.72. The lowest BCUT2D eigenvalue weighted by atomic mass is 9.81. The number of benzene rings is 1. The molecule has 0 aliphatic carbocycles. The quantitative estimate of drug-likeness (QED) is 0.888. The highest BCUT2D eigenvalue weighted by molar-refractivity contribution is 6.30. The first-order chi connectivity index (χ1) is 10.7. The molecule has 4 nitrogen and oxygen atoms in total. The van der Waals surface area contributed by atoms with E-state index >= 15 is 0 Å². The van der Waals surface area contributed by atoms with Crippen molar-refractivity contribution in [2.24, 2.45) is 5.92 Å². The van der Waals surface area contributed by atoms with Crippen LogP contribution in [-0.2, 0) is 4.74 Å². The largest absolute Gasteiger partial charge is 0.444 e. The summed E-state index contributed by atoms with van der Waals surface area (Å²) in [7, 11) is 0. The minimum absolute atomic E-state index is 0.00884. The van der Waals surface area contributed by atoms with Crippen molar-refractivity contribution < 1.29 is 19.0 Å². The second-order valence-electron chi connectivity index (χ2n) is 6.94. The number of hydrogen-bond donors (Lipinski definition) is 1. The Bertz CT molecular complexity index is 573. The molecule has 0 aromatic heterocycles. The third-order valence-corrected chi connectivity index (χ3v) is 4.30. The first-order valence-electron chi connectivity index (χ1n) is 7.75. The van der Waals surface area contributed by atoms with Crippen molar-refractivity contribution in [1.82, 2.24) is 4.90 Å². The third-order valence-electron chi connectivity index (χ3n) is 3.99. The molecule has 1 aromatic carbocycles. The van der Waals surface area contributed by atoms with E-state index in [1.54, 1.807) is 11.0 Å². The maximum Gasteiger partial charge on any atom is 0.410 e. The number of carbonyl (C=O) groups excluding carboxylic acids is 1. The zero-order valence-corrected chi connectivity index (χ0v) is 14.4. The van der Waals surface area contributed by atoms with E-state index in [1.165, 1.54) is 12.1 Å². The SMILES string of the molecule is CC(C)(C)OC(=O)N1CC[C@H](c2ccc(Cl)c(F)c2)[C@@H](CO)C1. The van der Waals surface area contributed by atoms with Crippen LogP contribution in [0.2, 0.25) is 5.02 Å². The molecule has 1 heterocycles. The Labute approximate surface area is 141 Å². The molecule has 1 saturated heterocycles. The van der Waals surface area contributed by atoms with Crippen LogP contribution in [0.3, 0.4) is 0 Å². The summed E-state index contributed by atoms with van der Waals surface area (Å²) in [5.74, 6) is -0.627. The lowest BCUT2D eigenvalue weighted by Crippen LogP contribution is -2.46. The maximum atomic E-state index is 13.7. The summed E-state index contributed by atoms with van der Waals surface area (Å²) in [6, 6.07) is 4.72. The van der Waals surface area contributed by atoms with E-state index in [0.29, 0.717) is 19.5 Å². The van der Waals surface area contributed by atoms with Gasteiger partial charge in [0.1, 0.15) is 11.4 Å². The van der Waals surface area contributed by atoms with Crippen LogP contribution < -0.4 is 0 Å². The molecule has 1 fully saturated rings. The minimum atomic E-state index is -0.554. The average Bonchev–Trinajstić information content (AvgIpc) is 2.47. The Morgan fingerprint density at radius 2 is 2.17 bits per heavy atom. The van der Waals surface area contributed by atoms with Gasteiger partial charge in [0.25, 0.3) is 0 Å². The van der Waals surface area contributed by atoms with Gasteiger partial charge in [-0.25, -0.2) is 9.18 Å². The Morgan fingerprint density at radius 1 is 1.48 bits per heavy atom. The highest BCUT2D eigenvalue weighted by Gasteiger charge is 2.34. The molecule has 2 atom stereocenters. The zero-order valence-electron chi connectivity index (χ0n) is 13.7. The predicted molar refractivity (Wildman–Crippen MR) is 87.2 cm³/mol. The third kappa shape index (κ3) is 4.58. The van der Waals surface area contributed by atoms with Crippen LogP contribution in [0.5, 0.6) is 0 Å². The maximum absolute atomic E-state index is 13.7. The fourth-order valence-electron chi connectivity index (χ4n) is 2.89. The van der Waals surface area contributed by atoms with E-state index in [1.807, 2.05) is 20.8 Å². The van der Waals surface area contributed by atoms with Gasteiger partial charge in [-0.15, -0.1) is 0 Å². The van der Waals surface area contributed by atoms with Crippen molar-refractivity contribution >= 4 is 17.7 Å². The van der Waals surface area contributed by atoms with Crippen molar-refractivity contribution in [3.05, 3.63) is 34.6 Å². The number of aliphatic hydroxyl groups excluding tert-OH is 1. The number of piperidine rings is 1. The minimum Gasteiger partial charge on any atom is -0.444 e. The van der Waals surface area contributed by atoms with Crippen molar-refractivity contribution in [1.29, 1.82) is 0 Å². The van der Waals surface area contributed by atoms with E-state index in [2.05, 4.69) is 0 Å². The Morgan fingerprint density at radius 3 is 2.74 bits per heavy atom. The number of nitrogens with zero attached hydrogens (tertiary/aromatic N) is 1. The Hall–Kier alpha value is -1.33. The van der Waals surface area contributed by atoms with Gasteiger partial charge >= 0.3 is 6.09 Å². The molecule has 0 radical (unpaired) electrons. The van der Waals surface area contributed by atoms with E-state index in [4.69, 9.17) is 16.3 Å². The molecule has 1 aliphatic heterocycles. The molecule has 128 valence electrons. The van der Waals surface area contributed by atoms with Gasteiger partial charge in [-0.3, -0.25) is 0 Å². The summed E-state index contributed by atoms with van der Waals surface area (Å²) in [6.07, 6.45) is 0.266. The highest BCUT2D eigenvalue weighted by Crippen LogP contribution is 2.34. The monoisotopic (exact) mass is 343 g/mol. The molecule has 1 N–H and O–H groups in total. The first-order valence-corrected chi connectivity index (χ1v) is 8.13. The molecule has 23 heavy (non-hydrogen) atoms. The number of halogens is 2. The van der Waals surface area contributed by atoms with Gasteiger partial charge in [-0.1, -0.05) is 17.7 Å². The van der Waals surface area contributed by atoms with Gasteiger partial charge < -0.3 is 14.7 Å². The molecule has 1 amide bonds. The van der Waals surface area contributed by atoms with Gasteiger partial charge in [0, 0.05) is 25.6 Å². The standard InChI is InChI=1S/C17H23ClFNO3/c1-17(2,3)23-16(22)20-7-6-13(12(9-20)10-21)11-4-5-14(18)15(19)8-11/h4-5,8,12-13,21H,6-7,9-10H2,1-3H3/t12-,13-/m1/s1. The molecule has 0 bridgehead atoms. The fraction of sp³-hybridized carbons (Fsp3) is 0.588. The molecule has 2 rings (SSSR count). The second-order valence-corrected chi connectivity index (χ2v) is 7.34. The molecule has 6 heteroatoms. The fourth-order valence-corrected chi connectivity index (χ4v) is 3.01. The number of aliphatic hydroxyl groups is 1.